The average molecular weight is 464 g/mol. The Kier molecular flexibility index (Phi) is 6.26. The molecule has 3 heterocycles. The van der Waals surface area contributed by atoms with E-state index in [2.05, 4.69) is 10.1 Å². The number of amides is 2. The van der Waals surface area contributed by atoms with Gasteiger partial charge >= 0.3 is 6.18 Å². The number of piperazine rings is 1. The predicted octanol–water partition coefficient (Wildman–Crippen LogP) is 3.73. The van der Waals surface area contributed by atoms with Gasteiger partial charge in [0.1, 0.15) is 0 Å². The van der Waals surface area contributed by atoms with Gasteiger partial charge in [0.25, 0.3) is 5.91 Å². The molecule has 7 nitrogen and oxygen atoms in total. The van der Waals surface area contributed by atoms with E-state index in [1.165, 1.54) is 28.4 Å². The van der Waals surface area contributed by atoms with E-state index in [0.717, 1.165) is 17.7 Å². The lowest BCUT2D eigenvalue weighted by Crippen LogP contribution is -2.50. The molecule has 0 spiro atoms. The quantitative estimate of drug-likeness (QED) is 0.575. The SMILES string of the molecule is O=C(CCc1nc(-c2ccsc2)no1)N1CCN(C(=O)c2ccc(C(F)(F)F)cc2)CC1. The molecule has 1 aliphatic rings. The number of benzene rings is 1. The molecule has 4 rings (SSSR count). The lowest BCUT2D eigenvalue weighted by atomic mass is 10.1. The second-order valence-electron chi connectivity index (χ2n) is 7.27. The van der Waals surface area contributed by atoms with Crippen molar-refractivity contribution in [2.45, 2.75) is 19.0 Å². The van der Waals surface area contributed by atoms with Crippen molar-refractivity contribution >= 4 is 23.2 Å². The summed E-state index contributed by atoms with van der Waals surface area (Å²) in [4.78, 5) is 32.6. The highest BCUT2D eigenvalue weighted by atomic mass is 32.1. The molecule has 0 bridgehead atoms. The Labute approximate surface area is 185 Å². The van der Waals surface area contributed by atoms with Crippen LogP contribution in [0.1, 0.15) is 28.2 Å². The van der Waals surface area contributed by atoms with Gasteiger partial charge in [-0.3, -0.25) is 9.59 Å². The van der Waals surface area contributed by atoms with Gasteiger partial charge in [-0.05, 0) is 35.7 Å². The smallest absolute Gasteiger partial charge is 0.339 e. The number of aromatic nitrogens is 2. The summed E-state index contributed by atoms with van der Waals surface area (Å²) in [7, 11) is 0. The third-order valence-electron chi connectivity index (χ3n) is 5.18. The zero-order chi connectivity index (χ0) is 22.7. The number of carbonyl (C=O) groups excluding carboxylic acids is 2. The number of hydrogen-bond donors (Lipinski definition) is 0. The Morgan fingerprint density at radius 2 is 1.72 bits per heavy atom. The molecule has 0 aliphatic carbocycles. The van der Waals surface area contributed by atoms with E-state index >= 15 is 0 Å². The summed E-state index contributed by atoms with van der Waals surface area (Å²) < 4.78 is 43.3. The number of carbonyl (C=O) groups is 2. The largest absolute Gasteiger partial charge is 0.416 e. The first-order valence-electron chi connectivity index (χ1n) is 9.91. The molecule has 11 heteroatoms. The number of halogens is 3. The van der Waals surface area contributed by atoms with Gasteiger partial charge in [0, 0.05) is 55.5 Å². The van der Waals surface area contributed by atoms with Crippen LogP contribution >= 0.6 is 11.3 Å². The van der Waals surface area contributed by atoms with Crippen molar-refractivity contribution in [3.8, 4) is 11.4 Å². The molecule has 0 saturated carbocycles. The molecule has 2 aromatic heterocycles. The highest BCUT2D eigenvalue weighted by Gasteiger charge is 2.31. The van der Waals surface area contributed by atoms with E-state index in [1.54, 1.807) is 4.90 Å². The molecule has 1 aromatic carbocycles. The highest BCUT2D eigenvalue weighted by molar-refractivity contribution is 7.08. The van der Waals surface area contributed by atoms with Crippen molar-refractivity contribution < 1.29 is 27.3 Å². The fraction of sp³-hybridized carbons (Fsp3) is 0.333. The zero-order valence-electron chi connectivity index (χ0n) is 16.8. The van der Waals surface area contributed by atoms with Gasteiger partial charge in [-0.25, -0.2) is 0 Å². The van der Waals surface area contributed by atoms with Crippen molar-refractivity contribution in [3.05, 3.63) is 58.1 Å². The molecule has 0 N–H and O–H groups in total. The van der Waals surface area contributed by atoms with E-state index in [-0.39, 0.29) is 23.8 Å². The molecule has 0 atom stereocenters. The summed E-state index contributed by atoms with van der Waals surface area (Å²) >= 11 is 1.53. The normalized spacial score (nSPS) is 14.6. The number of nitrogens with zero attached hydrogens (tertiary/aromatic N) is 4. The Morgan fingerprint density at radius 3 is 2.34 bits per heavy atom. The van der Waals surface area contributed by atoms with Gasteiger partial charge < -0.3 is 14.3 Å². The number of hydrogen-bond acceptors (Lipinski definition) is 6. The van der Waals surface area contributed by atoms with Gasteiger partial charge in [0.2, 0.25) is 17.6 Å². The van der Waals surface area contributed by atoms with Crippen LogP contribution in [-0.2, 0) is 17.4 Å². The van der Waals surface area contributed by atoms with Crippen molar-refractivity contribution in [1.82, 2.24) is 19.9 Å². The monoisotopic (exact) mass is 464 g/mol. The topological polar surface area (TPSA) is 79.5 Å². The fourth-order valence-corrected chi connectivity index (χ4v) is 4.01. The minimum absolute atomic E-state index is 0.0816. The van der Waals surface area contributed by atoms with E-state index in [0.29, 0.717) is 44.3 Å². The highest BCUT2D eigenvalue weighted by Crippen LogP contribution is 2.29. The van der Waals surface area contributed by atoms with E-state index < -0.39 is 11.7 Å². The molecule has 0 radical (unpaired) electrons. The molecule has 2 amide bonds. The maximum Gasteiger partial charge on any atom is 0.416 e. The van der Waals surface area contributed by atoms with Crippen molar-refractivity contribution in [2.24, 2.45) is 0 Å². The Morgan fingerprint density at radius 1 is 1.03 bits per heavy atom. The zero-order valence-corrected chi connectivity index (χ0v) is 17.7. The first kappa shape index (κ1) is 22.0. The van der Waals surface area contributed by atoms with Crippen LogP contribution in [0.25, 0.3) is 11.4 Å². The fourth-order valence-electron chi connectivity index (χ4n) is 3.38. The van der Waals surface area contributed by atoms with Gasteiger partial charge in [-0.2, -0.15) is 29.5 Å². The van der Waals surface area contributed by atoms with E-state index in [9.17, 15) is 22.8 Å². The maximum atomic E-state index is 12.7. The van der Waals surface area contributed by atoms with Crippen molar-refractivity contribution in [1.29, 1.82) is 0 Å². The van der Waals surface area contributed by atoms with Crippen LogP contribution in [0.5, 0.6) is 0 Å². The molecular formula is C21H19F3N4O3S. The molecule has 1 aliphatic heterocycles. The minimum atomic E-state index is -4.44. The lowest BCUT2D eigenvalue weighted by Gasteiger charge is -2.34. The first-order valence-corrected chi connectivity index (χ1v) is 10.8. The van der Waals surface area contributed by atoms with Gasteiger partial charge in [-0.15, -0.1) is 0 Å². The first-order chi connectivity index (χ1) is 15.3. The Bertz CT molecular complexity index is 1070. The Balaban J connectivity index is 1.26. The summed E-state index contributed by atoms with van der Waals surface area (Å²) in [6, 6.07) is 6.04. The van der Waals surface area contributed by atoms with Crippen LogP contribution in [0, 0.1) is 0 Å². The molecule has 32 heavy (non-hydrogen) atoms. The van der Waals surface area contributed by atoms with Crippen LogP contribution < -0.4 is 0 Å². The molecule has 0 unspecified atom stereocenters. The number of alkyl halides is 3. The molecule has 1 saturated heterocycles. The van der Waals surface area contributed by atoms with Crippen LogP contribution in [0.15, 0.2) is 45.6 Å². The van der Waals surface area contributed by atoms with Crippen LogP contribution in [0.3, 0.4) is 0 Å². The lowest BCUT2D eigenvalue weighted by molar-refractivity contribution is -0.137. The molecular weight excluding hydrogens is 445 g/mol. The summed E-state index contributed by atoms with van der Waals surface area (Å²) in [6.07, 6.45) is -3.92. The van der Waals surface area contributed by atoms with Crippen LogP contribution in [-0.4, -0.2) is 57.9 Å². The van der Waals surface area contributed by atoms with Crippen LogP contribution in [0.2, 0.25) is 0 Å². The minimum Gasteiger partial charge on any atom is -0.339 e. The van der Waals surface area contributed by atoms with Gasteiger partial charge in [0.05, 0.1) is 5.56 Å². The molecule has 3 aromatic rings. The number of aryl methyl sites for hydroxylation is 1. The second kappa shape index (κ2) is 9.11. The van der Waals surface area contributed by atoms with Crippen molar-refractivity contribution in [2.75, 3.05) is 26.2 Å². The van der Waals surface area contributed by atoms with Crippen LogP contribution in [0.4, 0.5) is 13.2 Å². The number of rotatable bonds is 5. The third-order valence-corrected chi connectivity index (χ3v) is 5.86. The van der Waals surface area contributed by atoms with Crippen molar-refractivity contribution in [3.63, 3.8) is 0 Å². The second-order valence-corrected chi connectivity index (χ2v) is 8.05. The maximum absolute atomic E-state index is 12.7. The summed E-state index contributed by atoms with van der Waals surface area (Å²) in [5.41, 5.74) is 0.258. The standard InChI is InChI=1S/C21H19F3N4O3S/c22-21(23,24)16-3-1-14(2-4-16)20(30)28-10-8-27(9-11-28)18(29)6-5-17-25-19(26-31-17)15-7-12-32-13-15/h1-4,7,12-13H,5-6,8-11H2. The Hall–Kier alpha value is -3.21. The summed E-state index contributed by atoms with van der Waals surface area (Å²) in [6.45, 7) is 1.34. The van der Waals surface area contributed by atoms with E-state index in [4.69, 9.17) is 4.52 Å². The molecule has 1 fully saturated rings. The van der Waals surface area contributed by atoms with E-state index in [1.807, 2.05) is 16.8 Å². The summed E-state index contributed by atoms with van der Waals surface area (Å²) in [5.74, 6) is 0.444. The van der Waals surface area contributed by atoms with Gasteiger partial charge in [-0.1, -0.05) is 5.16 Å². The third kappa shape index (κ3) is 4.98. The summed E-state index contributed by atoms with van der Waals surface area (Å²) in [5, 5.41) is 7.74. The van der Waals surface area contributed by atoms with Gasteiger partial charge in [0.15, 0.2) is 0 Å². The number of thiophene rings is 1. The predicted molar refractivity (Wildman–Crippen MR) is 110 cm³/mol. The average Bonchev–Trinajstić information content (AvgIpc) is 3.48. The molecule has 168 valence electrons.